The summed E-state index contributed by atoms with van der Waals surface area (Å²) in [7, 11) is 0. The highest BCUT2D eigenvalue weighted by Crippen LogP contribution is 2.41. The molecule has 1 heterocycles. The molecule has 0 aromatic rings. The van der Waals surface area contributed by atoms with Crippen LogP contribution in [0.5, 0.6) is 0 Å². The fraction of sp³-hybridized carbons (Fsp3) is 0.667. The summed E-state index contributed by atoms with van der Waals surface area (Å²) in [5.41, 5.74) is -0.885. The number of ether oxygens (including phenoxy) is 1. The molecule has 74 valence electrons. The maximum Gasteiger partial charge on any atom is 0.304 e. The van der Waals surface area contributed by atoms with Gasteiger partial charge in [0.2, 0.25) is 0 Å². The van der Waals surface area contributed by atoms with Crippen LogP contribution in [-0.4, -0.2) is 24.3 Å². The number of aliphatic carboxylic acids is 1. The molecule has 0 amide bonds. The van der Waals surface area contributed by atoms with Crippen molar-refractivity contribution >= 4 is 5.97 Å². The van der Waals surface area contributed by atoms with Crippen LogP contribution in [0.25, 0.3) is 0 Å². The lowest BCUT2D eigenvalue weighted by molar-refractivity contribution is -0.141. The van der Waals surface area contributed by atoms with Crippen molar-refractivity contribution in [3.05, 3.63) is 12.4 Å². The van der Waals surface area contributed by atoms with Gasteiger partial charge in [0.05, 0.1) is 12.2 Å². The summed E-state index contributed by atoms with van der Waals surface area (Å²) < 4.78 is 18.1. The monoisotopic (exact) mass is 188 g/mol. The van der Waals surface area contributed by atoms with Gasteiger partial charge in [-0.3, -0.25) is 4.79 Å². The zero-order chi connectivity index (χ0) is 9.90. The Bertz CT molecular complexity index is 219. The first-order valence-corrected chi connectivity index (χ1v) is 4.21. The van der Waals surface area contributed by atoms with Crippen molar-refractivity contribution in [2.24, 2.45) is 5.41 Å². The molecule has 0 radical (unpaired) electrons. The van der Waals surface area contributed by atoms with E-state index in [1.54, 1.807) is 0 Å². The predicted molar refractivity (Wildman–Crippen MR) is 45.0 cm³/mol. The fourth-order valence-electron chi connectivity index (χ4n) is 1.60. The number of hydrogen-bond acceptors (Lipinski definition) is 2. The Labute approximate surface area is 76.2 Å². The Kier molecular flexibility index (Phi) is 3.03. The van der Waals surface area contributed by atoms with Gasteiger partial charge in [0, 0.05) is 18.6 Å². The van der Waals surface area contributed by atoms with E-state index in [1.165, 1.54) is 0 Å². The van der Waals surface area contributed by atoms with Crippen LogP contribution in [0.15, 0.2) is 12.4 Å². The van der Waals surface area contributed by atoms with Crippen molar-refractivity contribution in [3.8, 4) is 0 Å². The van der Waals surface area contributed by atoms with Gasteiger partial charge in [0.1, 0.15) is 0 Å². The van der Waals surface area contributed by atoms with E-state index in [0.717, 1.165) is 0 Å². The number of rotatable bonds is 3. The van der Waals surface area contributed by atoms with Gasteiger partial charge in [0.25, 0.3) is 0 Å². The van der Waals surface area contributed by atoms with E-state index in [2.05, 4.69) is 6.58 Å². The Hall–Kier alpha value is -0.900. The average Bonchev–Trinajstić information content (AvgIpc) is 2.04. The SMILES string of the molecule is C=C(F)C1(CC(=O)O)CCOCC1. The first-order chi connectivity index (χ1) is 6.07. The Morgan fingerprint density at radius 3 is 2.46 bits per heavy atom. The largest absolute Gasteiger partial charge is 0.481 e. The molecule has 1 aliphatic heterocycles. The van der Waals surface area contributed by atoms with Crippen LogP contribution in [-0.2, 0) is 9.53 Å². The fourth-order valence-corrected chi connectivity index (χ4v) is 1.60. The quantitative estimate of drug-likeness (QED) is 0.733. The molecule has 0 atom stereocenters. The molecule has 4 heteroatoms. The zero-order valence-electron chi connectivity index (χ0n) is 7.38. The highest BCUT2D eigenvalue weighted by atomic mass is 19.1. The summed E-state index contributed by atoms with van der Waals surface area (Å²) in [5.74, 6) is -1.51. The molecule has 0 unspecified atom stereocenters. The number of allylic oxidation sites excluding steroid dienone is 1. The van der Waals surface area contributed by atoms with Crippen LogP contribution < -0.4 is 0 Å². The van der Waals surface area contributed by atoms with Crippen molar-refractivity contribution in [1.82, 2.24) is 0 Å². The summed E-state index contributed by atoms with van der Waals surface area (Å²) in [5, 5.41) is 8.63. The first kappa shape index (κ1) is 10.2. The number of carboxylic acids is 1. The molecule has 0 saturated carbocycles. The Balaban J connectivity index is 2.73. The second-order valence-electron chi connectivity index (χ2n) is 3.37. The van der Waals surface area contributed by atoms with E-state index >= 15 is 0 Å². The minimum atomic E-state index is -0.985. The third-order valence-electron chi connectivity index (χ3n) is 2.51. The molecule has 13 heavy (non-hydrogen) atoms. The summed E-state index contributed by atoms with van der Waals surface area (Å²) >= 11 is 0. The topological polar surface area (TPSA) is 46.5 Å². The molecule has 1 saturated heterocycles. The van der Waals surface area contributed by atoms with Gasteiger partial charge < -0.3 is 9.84 Å². The van der Waals surface area contributed by atoms with Gasteiger partial charge >= 0.3 is 5.97 Å². The maximum atomic E-state index is 13.1. The third-order valence-corrected chi connectivity index (χ3v) is 2.51. The lowest BCUT2D eigenvalue weighted by Gasteiger charge is -2.34. The van der Waals surface area contributed by atoms with E-state index in [0.29, 0.717) is 26.1 Å². The molecule has 1 N–H and O–H groups in total. The van der Waals surface area contributed by atoms with E-state index < -0.39 is 17.2 Å². The first-order valence-electron chi connectivity index (χ1n) is 4.21. The standard InChI is InChI=1S/C9H13FO3/c1-7(10)9(6-8(11)12)2-4-13-5-3-9/h1-6H2,(H,11,12). The predicted octanol–water partition coefficient (Wildman–Crippen LogP) is 1.74. The van der Waals surface area contributed by atoms with Gasteiger partial charge in [-0.2, -0.15) is 0 Å². The summed E-state index contributed by atoms with van der Waals surface area (Å²) in [6, 6.07) is 0. The molecule has 0 aromatic heterocycles. The van der Waals surface area contributed by atoms with Crippen LogP contribution in [0.4, 0.5) is 4.39 Å². The van der Waals surface area contributed by atoms with Crippen molar-refractivity contribution in [3.63, 3.8) is 0 Å². The molecule has 0 bridgehead atoms. The highest BCUT2D eigenvalue weighted by molar-refractivity contribution is 5.68. The van der Waals surface area contributed by atoms with Crippen LogP contribution in [0.2, 0.25) is 0 Å². The molecule has 1 aliphatic rings. The number of carbonyl (C=O) groups is 1. The van der Waals surface area contributed by atoms with Crippen LogP contribution in [0.3, 0.4) is 0 Å². The minimum Gasteiger partial charge on any atom is -0.481 e. The third kappa shape index (κ3) is 2.28. The molecule has 0 aromatic carbocycles. The molecule has 3 nitrogen and oxygen atoms in total. The van der Waals surface area contributed by atoms with Gasteiger partial charge in [0.15, 0.2) is 0 Å². The van der Waals surface area contributed by atoms with Crippen LogP contribution in [0.1, 0.15) is 19.3 Å². The average molecular weight is 188 g/mol. The van der Waals surface area contributed by atoms with Crippen LogP contribution >= 0.6 is 0 Å². The van der Waals surface area contributed by atoms with Crippen molar-refractivity contribution < 1.29 is 19.0 Å². The number of carboxylic acid groups (broad SMARTS) is 1. The van der Waals surface area contributed by atoms with Gasteiger partial charge in [-0.25, -0.2) is 4.39 Å². The summed E-state index contributed by atoms with van der Waals surface area (Å²) in [6.07, 6.45) is 0.634. The molecular weight excluding hydrogens is 175 g/mol. The van der Waals surface area contributed by atoms with Gasteiger partial charge in [-0.15, -0.1) is 0 Å². The molecule has 0 spiro atoms. The van der Waals surface area contributed by atoms with E-state index in [1.807, 2.05) is 0 Å². The Morgan fingerprint density at radius 1 is 1.54 bits per heavy atom. The lowest BCUT2D eigenvalue weighted by Crippen LogP contribution is -2.32. The van der Waals surface area contributed by atoms with E-state index in [-0.39, 0.29) is 6.42 Å². The number of halogens is 1. The van der Waals surface area contributed by atoms with E-state index in [4.69, 9.17) is 9.84 Å². The van der Waals surface area contributed by atoms with Crippen LogP contribution in [0, 0.1) is 5.41 Å². The smallest absolute Gasteiger partial charge is 0.304 e. The lowest BCUT2D eigenvalue weighted by atomic mass is 9.76. The maximum absolute atomic E-state index is 13.1. The minimum absolute atomic E-state index is 0.189. The van der Waals surface area contributed by atoms with Gasteiger partial charge in [-0.1, -0.05) is 6.58 Å². The molecule has 1 rings (SSSR count). The summed E-state index contributed by atoms with van der Waals surface area (Å²) in [4.78, 5) is 10.5. The summed E-state index contributed by atoms with van der Waals surface area (Å²) in [6.45, 7) is 4.04. The van der Waals surface area contributed by atoms with E-state index in [9.17, 15) is 9.18 Å². The normalized spacial score (nSPS) is 21.0. The second-order valence-corrected chi connectivity index (χ2v) is 3.37. The second kappa shape index (κ2) is 3.87. The highest BCUT2D eigenvalue weighted by Gasteiger charge is 2.38. The molecule has 0 aliphatic carbocycles. The van der Waals surface area contributed by atoms with Crippen molar-refractivity contribution in [2.75, 3.05) is 13.2 Å². The Morgan fingerprint density at radius 2 is 2.08 bits per heavy atom. The molecular formula is C9H13FO3. The zero-order valence-corrected chi connectivity index (χ0v) is 7.38. The number of hydrogen-bond donors (Lipinski definition) is 1. The van der Waals surface area contributed by atoms with Crippen molar-refractivity contribution in [1.29, 1.82) is 0 Å². The van der Waals surface area contributed by atoms with Gasteiger partial charge in [-0.05, 0) is 12.8 Å². The molecule has 1 fully saturated rings. The van der Waals surface area contributed by atoms with Crippen molar-refractivity contribution in [2.45, 2.75) is 19.3 Å².